The fourth-order valence-corrected chi connectivity index (χ4v) is 3.15. The van der Waals surface area contributed by atoms with Crippen LogP contribution in [0.5, 0.6) is 5.06 Å². The first kappa shape index (κ1) is 13.5. The Morgan fingerprint density at radius 1 is 1.50 bits per heavy atom. The molecular formula is C10H17NO3S2. The second-order valence-corrected chi connectivity index (χ2v) is 7.11. The average Bonchev–Trinajstić information content (AvgIpc) is 2.59. The van der Waals surface area contributed by atoms with E-state index in [2.05, 4.69) is 5.32 Å². The van der Waals surface area contributed by atoms with E-state index in [1.54, 1.807) is 18.4 Å². The van der Waals surface area contributed by atoms with Crippen molar-refractivity contribution in [1.82, 2.24) is 5.32 Å². The molecule has 6 heteroatoms. The van der Waals surface area contributed by atoms with Crippen LogP contribution in [-0.2, 0) is 16.4 Å². The predicted octanol–water partition coefficient (Wildman–Crippen LogP) is 1.28. The van der Waals surface area contributed by atoms with Crippen LogP contribution in [0.2, 0.25) is 0 Å². The summed E-state index contributed by atoms with van der Waals surface area (Å²) in [7, 11) is -1.28. The van der Waals surface area contributed by atoms with Crippen molar-refractivity contribution in [2.45, 2.75) is 19.5 Å². The molecule has 1 atom stereocenters. The van der Waals surface area contributed by atoms with Crippen LogP contribution in [-0.4, -0.2) is 33.6 Å². The number of ether oxygens (including phenoxy) is 1. The van der Waals surface area contributed by atoms with E-state index in [1.165, 1.54) is 6.26 Å². The van der Waals surface area contributed by atoms with Gasteiger partial charge in [-0.1, -0.05) is 0 Å². The van der Waals surface area contributed by atoms with E-state index in [1.807, 2.05) is 19.1 Å². The van der Waals surface area contributed by atoms with Crippen molar-refractivity contribution in [2.75, 3.05) is 19.1 Å². The zero-order valence-electron chi connectivity index (χ0n) is 9.69. The van der Waals surface area contributed by atoms with Crippen LogP contribution in [0.1, 0.15) is 11.8 Å². The molecule has 0 saturated carbocycles. The Morgan fingerprint density at radius 2 is 2.19 bits per heavy atom. The topological polar surface area (TPSA) is 55.4 Å². The van der Waals surface area contributed by atoms with E-state index in [-0.39, 0.29) is 11.8 Å². The Kier molecular flexibility index (Phi) is 4.76. The second kappa shape index (κ2) is 5.65. The predicted molar refractivity (Wildman–Crippen MR) is 66.9 cm³/mol. The van der Waals surface area contributed by atoms with E-state index in [4.69, 9.17) is 4.74 Å². The normalized spacial score (nSPS) is 13.7. The molecule has 1 N–H and O–H groups in total. The minimum Gasteiger partial charge on any atom is -0.487 e. The molecule has 0 saturated heterocycles. The molecule has 1 rings (SSSR count). The van der Waals surface area contributed by atoms with E-state index in [0.29, 0.717) is 6.54 Å². The third kappa shape index (κ3) is 4.96. The maximum absolute atomic E-state index is 11.0. The molecular weight excluding hydrogens is 246 g/mol. The number of hydrogen-bond acceptors (Lipinski definition) is 5. The summed E-state index contributed by atoms with van der Waals surface area (Å²) < 4.78 is 27.2. The Balaban J connectivity index is 2.39. The summed E-state index contributed by atoms with van der Waals surface area (Å²) in [5.41, 5.74) is 0. The van der Waals surface area contributed by atoms with Crippen molar-refractivity contribution >= 4 is 21.2 Å². The lowest BCUT2D eigenvalue weighted by Crippen LogP contribution is -2.31. The third-order valence-electron chi connectivity index (χ3n) is 2.02. The van der Waals surface area contributed by atoms with Crippen LogP contribution in [0, 0.1) is 0 Å². The summed E-state index contributed by atoms with van der Waals surface area (Å²) in [6.07, 6.45) is 1.25. The number of sulfone groups is 1. The first-order valence-electron chi connectivity index (χ1n) is 4.94. The van der Waals surface area contributed by atoms with Gasteiger partial charge in [0, 0.05) is 23.7 Å². The van der Waals surface area contributed by atoms with Crippen molar-refractivity contribution < 1.29 is 13.2 Å². The largest absolute Gasteiger partial charge is 0.487 e. The van der Waals surface area contributed by atoms with Gasteiger partial charge in [0.2, 0.25) is 0 Å². The Morgan fingerprint density at radius 3 is 2.69 bits per heavy atom. The summed E-state index contributed by atoms with van der Waals surface area (Å²) in [4.78, 5) is 1.14. The molecule has 1 aromatic rings. The van der Waals surface area contributed by atoms with Crippen molar-refractivity contribution in [3.05, 3.63) is 17.0 Å². The molecule has 0 radical (unpaired) electrons. The first-order valence-corrected chi connectivity index (χ1v) is 7.82. The number of hydrogen-bond donors (Lipinski definition) is 1. The molecule has 92 valence electrons. The van der Waals surface area contributed by atoms with Crippen LogP contribution in [0.3, 0.4) is 0 Å². The fourth-order valence-electron chi connectivity index (χ4n) is 1.35. The quantitative estimate of drug-likeness (QED) is 0.840. The van der Waals surface area contributed by atoms with E-state index < -0.39 is 9.84 Å². The van der Waals surface area contributed by atoms with Crippen LogP contribution in [0.4, 0.5) is 0 Å². The summed E-state index contributed by atoms with van der Waals surface area (Å²) >= 11 is 1.56. The second-order valence-electron chi connectivity index (χ2n) is 3.80. The monoisotopic (exact) mass is 263 g/mol. The fraction of sp³-hybridized carbons (Fsp3) is 0.600. The van der Waals surface area contributed by atoms with Gasteiger partial charge in [-0.15, -0.1) is 11.3 Å². The van der Waals surface area contributed by atoms with Gasteiger partial charge in [-0.3, -0.25) is 0 Å². The van der Waals surface area contributed by atoms with E-state index >= 15 is 0 Å². The molecule has 1 aromatic heterocycles. The minimum atomic E-state index is -2.91. The van der Waals surface area contributed by atoms with Crippen LogP contribution < -0.4 is 10.1 Å². The van der Waals surface area contributed by atoms with E-state index in [0.717, 1.165) is 9.94 Å². The number of thiophene rings is 1. The van der Waals surface area contributed by atoms with Gasteiger partial charge >= 0.3 is 0 Å². The highest BCUT2D eigenvalue weighted by atomic mass is 32.2. The van der Waals surface area contributed by atoms with Gasteiger partial charge in [-0.25, -0.2) is 8.42 Å². The molecule has 1 unspecified atom stereocenters. The van der Waals surface area contributed by atoms with Crippen molar-refractivity contribution in [2.24, 2.45) is 0 Å². The highest BCUT2D eigenvalue weighted by Gasteiger charge is 2.10. The molecule has 0 aromatic carbocycles. The summed E-state index contributed by atoms with van der Waals surface area (Å²) in [5.74, 6) is 0.162. The van der Waals surface area contributed by atoms with Crippen LogP contribution in [0.15, 0.2) is 12.1 Å². The molecule has 4 nitrogen and oxygen atoms in total. The van der Waals surface area contributed by atoms with Gasteiger partial charge in [-0.05, 0) is 19.1 Å². The summed E-state index contributed by atoms with van der Waals surface area (Å²) in [6.45, 7) is 2.54. The zero-order valence-corrected chi connectivity index (χ0v) is 11.3. The summed E-state index contributed by atoms with van der Waals surface area (Å²) in [5, 5.41) is 4.04. The molecule has 0 aliphatic heterocycles. The molecule has 1 heterocycles. The molecule has 0 bridgehead atoms. The van der Waals surface area contributed by atoms with Gasteiger partial charge in [-0.2, -0.15) is 0 Å². The molecule has 0 fully saturated rings. The molecule has 0 amide bonds. The average molecular weight is 263 g/mol. The van der Waals surface area contributed by atoms with Crippen LogP contribution >= 0.6 is 11.3 Å². The molecule has 0 aliphatic rings. The first-order chi connectivity index (χ1) is 7.40. The van der Waals surface area contributed by atoms with Crippen LogP contribution in [0.25, 0.3) is 0 Å². The Labute approximate surface area is 101 Å². The smallest absolute Gasteiger partial charge is 0.173 e. The highest BCUT2D eigenvalue weighted by Crippen LogP contribution is 2.23. The number of rotatable bonds is 6. The van der Waals surface area contributed by atoms with Crippen molar-refractivity contribution in [3.63, 3.8) is 0 Å². The van der Waals surface area contributed by atoms with E-state index in [9.17, 15) is 8.42 Å². The Hall–Kier alpha value is -0.590. The lowest BCUT2D eigenvalue weighted by Gasteiger charge is -2.11. The lowest BCUT2D eigenvalue weighted by molar-refractivity contribution is 0.427. The standard InChI is InChI=1S/C10H17NO3S2/c1-8(7-16(3,12)13)11-6-9-4-5-10(14-2)15-9/h4-5,8,11H,6-7H2,1-3H3. The van der Waals surface area contributed by atoms with Crippen molar-refractivity contribution in [1.29, 1.82) is 0 Å². The number of nitrogens with one attached hydrogen (secondary N) is 1. The van der Waals surface area contributed by atoms with Gasteiger partial charge in [0.25, 0.3) is 0 Å². The molecule has 0 spiro atoms. The molecule has 0 aliphatic carbocycles. The lowest BCUT2D eigenvalue weighted by atomic mass is 10.3. The van der Waals surface area contributed by atoms with Gasteiger partial charge in [0.05, 0.1) is 12.9 Å². The zero-order chi connectivity index (χ0) is 12.2. The highest BCUT2D eigenvalue weighted by molar-refractivity contribution is 7.90. The van der Waals surface area contributed by atoms with Gasteiger partial charge in [0.1, 0.15) is 9.84 Å². The maximum atomic E-state index is 11.0. The number of methoxy groups -OCH3 is 1. The van der Waals surface area contributed by atoms with Gasteiger partial charge in [0.15, 0.2) is 5.06 Å². The summed E-state index contributed by atoms with van der Waals surface area (Å²) in [6, 6.07) is 3.84. The SMILES string of the molecule is COc1ccc(CNC(C)CS(C)(=O)=O)s1. The maximum Gasteiger partial charge on any atom is 0.173 e. The van der Waals surface area contributed by atoms with Crippen molar-refractivity contribution in [3.8, 4) is 5.06 Å². The van der Waals surface area contributed by atoms with Gasteiger partial charge < -0.3 is 10.1 Å². The third-order valence-corrected chi connectivity index (χ3v) is 4.17. The Bertz CT molecular complexity index is 425. The molecule has 16 heavy (non-hydrogen) atoms. The minimum absolute atomic E-state index is 0.0388.